The molecule has 0 saturated carbocycles. The number of nitrogens with zero attached hydrogens (tertiary/aromatic N) is 3. The molecule has 5 heterocycles. The molecule has 1 amide bonds. The molecule has 4 aliphatic heterocycles. The number of nitrogens with one attached hydrogen (secondary N) is 3. The number of hydrogen-bond donors (Lipinski definition) is 9. The number of aliphatic hydroxyl groups is 2. The molecule has 0 aromatic carbocycles. The van der Waals surface area contributed by atoms with Gasteiger partial charge >= 0.3 is 42.4 Å². The second kappa shape index (κ2) is 16.0. The van der Waals surface area contributed by atoms with E-state index in [2.05, 4.69) is 34.8 Å². The standard InChI is InChI=1S/C19H28N8O13P2S2.Mo.2H2O/c20-7-1-2-27(19(31)22-7)17-11(29)10(28)5(39-17)3-36-41(32,33)40-42(34,35)37-4-6-12(43)13(44)8-16(38-6)24-14-9(23-8)15(30)26-18(21)25-14;;;/h1-2,5-6,8-11,16-18,23,28-29,43-44H,3-4,21H2,(H,24,25)(H,26,30)(H,32,33)(H,34,35)(H2,20,22,31);;2*1H2/q;+2;;/p-2/t5-,6-,8+,9?,10-,11-,16-,17-,18?;;;/m1.../s1. The minimum Gasteiger partial charge on any atom is -0.784 e. The van der Waals surface area contributed by atoms with Gasteiger partial charge in [0.15, 0.2) is 12.5 Å². The number of amides is 1. The van der Waals surface area contributed by atoms with Gasteiger partial charge in [-0.3, -0.25) is 29.5 Å². The van der Waals surface area contributed by atoms with Crippen LogP contribution in [0.15, 0.2) is 31.9 Å². The Labute approximate surface area is 289 Å². The van der Waals surface area contributed by atoms with Crippen LogP contribution < -0.4 is 33.1 Å². The topological polar surface area (TPSA) is 377 Å². The van der Waals surface area contributed by atoms with E-state index >= 15 is 0 Å². The number of phosphoric ester groups is 2. The third kappa shape index (κ3) is 9.16. The summed E-state index contributed by atoms with van der Waals surface area (Å²) < 4.78 is 50.7. The molecule has 1 aromatic rings. The Hall–Kier alpha value is -1.57. The van der Waals surface area contributed by atoms with Crippen LogP contribution in [0, 0.1) is 0 Å². The second-order valence-corrected chi connectivity index (χ2v) is 13.6. The average Bonchev–Trinajstić information content (AvgIpc) is 3.20. The summed E-state index contributed by atoms with van der Waals surface area (Å²) in [6, 6.07) is -0.430. The van der Waals surface area contributed by atoms with E-state index in [1.54, 1.807) is 0 Å². The molecule has 1 aromatic heterocycles. The van der Waals surface area contributed by atoms with Crippen molar-refractivity contribution in [3.63, 3.8) is 0 Å². The van der Waals surface area contributed by atoms with Gasteiger partial charge in [0, 0.05) is 6.20 Å². The Kier molecular flexibility index (Phi) is 14.1. The van der Waals surface area contributed by atoms with Crippen molar-refractivity contribution in [3.8, 4) is 0 Å². The molecule has 0 aliphatic carbocycles. The molecular formula is C19H30MoN8O15P2S2. The molecular weight excluding hydrogens is 802 g/mol. The largest absolute Gasteiger partial charge is 2.00 e. The van der Waals surface area contributed by atoms with Crippen molar-refractivity contribution in [2.75, 3.05) is 18.9 Å². The van der Waals surface area contributed by atoms with Crippen LogP contribution in [0.5, 0.6) is 0 Å². The first-order valence-electron chi connectivity index (χ1n) is 12.5. The van der Waals surface area contributed by atoms with Crippen LogP contribution >= 0.6 is 15.6 Å². The summed E-state index contributed by atoms with van der Waals surface area (Å²) in [5.74, 6) is -0.395. The van der Waals surface area contributed by atoms with Gasteiger partial charge in [0.25, 0.3) is 0 Å². The van der Waals surface area contributed by atoms with Gasteiger partial charge in [-0.15, -0.1) is 0 Å². The molecule has 28 heteroatoms. The van der Waals surface area contributed by atoms with Crippen molar-refractivity contribution in [3.05, 3.63) is 32.6 Å². The van der Waals surface area contributed by atoms with E-state index in [0.717, 1.165) is 10.8 Å². The number of nitrogen functional groups attached to an aromatic ring is 1. The quantitative estimate of drug-likeness (QED) is 0.0635. The molecule has 264 valence electrons. The Bertz CT molecular complexity index is 1540. The number of phosphoric acid groups is 2. The molecule has 15 N–H and O–H groups in total. The van der Waals surface area contributed by atoms with E-state index in [0.29, 0.717) is 0 Å². The van der Waals surface area contributed by atoms with Crippen molar-refractivity contribution in [1.82, 2.24) is 25.5 Å². The zero-order chi connectivity index (χ0) is 32.1. The normalized spacial score (nSPS) is 33.9. The van der Waals surface area contributed by atoms with Gasteiger partial charge < -0.3 is 82.1 Å². The van der Waals surface area contributed by atoms with Crippen LogP contribution in [0.1, 0.15) is 6.23 Å². The molecule has 2 saturated heterocycles. The maximum absolute atomic E-state index is 12.5. The van der Waals surface area contributed by atoms with E-state index in [1.807, 2.05) is 0 Å². The monoisotopic (exact) mass is 834 g/mol. The Morgan fingerprint density at radius 3 is 2.30 bits per heavy atom. The summed E-state index contributed by atoms with van der Waals surface area (Å²) in [5.41, 5.74) is 10.2. The summed E-state index contributed by atoms with van der Waals surface area (Å²) in [6.07, 6.45) is -8.37. The van der Waals surface area contributed by atoms with Crippen LogP contribution in [0.25, 0.3) is 0 Å². The van der Waals surface area contributed by atoms with Gasteiger partial charge in [-0.05, 0) is 6.07 Å². The van der Waals surface area contributed by atoms with E-state index in [1.165, 1.54) is 6.07 Å². The first-order valence-corrected chi connectivity index (χ1v) is 16.3. The molecule has 4 unspecified atom stereocenters. The van der Waals surface area contributed by atoms with Crippen LogP contribution in [0.3, 0.4) is 0 Å². The molecule has 0 radical (unpaired) electrons. The number of ether oxygens (including phenoxy) is 2. The third-order valence-corrected chi connectivity index (χ3v) is 10.3. The number of aliphatic imine (C=N–C) groups is 1. The number of rotatable bonds is 9. The SMILES string of the molecule is Nc1ccn([C@@H]2O[C@H](COP(=O)(O)OP(=O)(O)OC[C@H]3O[C@H]4NC5=NC(N)NC(=O)C5N[C@H]4C([S-])=C3[S-])[C@@H](O)[C@H]2O)c(=O)n1.O.O.[Mo+2]. The second-order valence-electron chi connectivity index (χ2n) is 9.66. The minimum absolute atomic E-state index is 0. The number of carbonyl (C=O) groups excluding carboxylic acids is 1. The number of aromatic nitrogens is 2. The van der Waals surface area contributed by atoms with Gasteiger partial charge in [0.1, 0.15) is 42.2 Å². The first kappa shape index (κ1) is 41.6. The summed E-state index contributed by atoms with van der Waals surface area (Å²) in [5, 5.41) is 28.8. The summed E-state index contributed by atoms with van der Waals surface area (Å²) in [7, 11) is -10.7. The number of aliphatic hydroxyl groups excluding tert-OH is 2. The van der Waals surface area contributed by atoms with Crippen LogP contribution in [0.2, 0.25) is 0 Å². The fourth-order valence-electron chi connectivity index (χ4n) is 4.60. The van der Waals surface area contributed by atoms with E-state index in [-0.39, 0.29) is 53.5 Å². The number of carbonyl (C=O) groups is 1. The molecule has 5 rings (SSSR count). The molecule has 2 fully saturated rings. The number of piperazine rings is 1. The van der Waals surface area contributed by atoms with Crippen molar-refractivity contribution >= 4 is 58.5 Å². The van der Waals surface area contributed by atoms with Crippen molar-refractivity contribution < 1.29 is 88.8 Å². The predicted molar refractivity (Wildman–Crippen MR) is 157 cm³/mol. The number of nitrogens with two attached hydrogens (primary N) is 2. The summed E-state index contributed by atoms with van der Waals surface area (Å²) in [4.78, 5) is 52.1. The van der Waals surface area contributed by atoms with Crippen molar-refractivity contribution in [1.29, 1.82) is 0 Å². The van der Waals surface area contributed by atoms with Crippen LogP contribution in [-0.4, -0.2) is 114 Å². The third-order valence-electron chi connectivity index (χ3n) is 6.63. The maximum atomic E-state index is 12.5. The molecule has 47 heavy (non-hydrogen) atoms. The minimum atomic E-state index is -5.37. The number of anilines is 1. The molecule has 23 nitrogen and oxygen atoms in total. The van der Waals surface area contributed by atoms with Crippen molar-refractivity contribution in [2.24, 2.45) is 10.7 Å². The average molecular weight is 833 g/mol. The number of hydrogen-bond acceptors (Lipinski definition) is 19. The molecule has 11 atom stereocenters. The Balaban J connectivity index is 0.00000256. The van der Waals surface area contributed by atoms with Gasteiger partial charge in [0.2, 0.25) is 5.91 Å². The molecule has 4 aliphatic rings. The van der Waals surface area contributed by atoms with Crippen molar-refractivity contribution in [2.45, 2.75) is 55.2 Å². The molecule has 0 bridgehead atoms. The zero-order valence-electron chi connectivity index (χ0n) is 23.3. The summed E-state index contributed by atoms with van der Waals surface area (Å²) >= 11 is 10.7. The smallest absolute Gasteiger partial charge is 0.784 e. The fraction of sp³-hybridized carbons (Fsp3) is 0.579. The van der Waals surface area contributed by atoms with E-state index < -0.39 is 95.7 Å². The fourth-order valence-corrected chi connectivity index (χ4v) is 7.25. The predicted octanol–water partition coefficient (Wildman–Crippen LogP) is -6.23. The Morgan fingerprint density at radius 1 is 1.02 bits per heavy atom. The van der Waals surface area contributed by atoms with Crippen LogP contribution in [0.4, 0.5) is 5.82 Å². The summed E-state index contributed by atoms with van der Waals surface area (Å²) in [6.45, 7) is -1.70. The van der Waals surface area contributed by atoms with Gasteiger partial charge in [-0.1, -0.05) is 0 Å². The van der Waals surface area contributed by atoms with Gasteiger partial charge in [-0.25, -0.2) is 18.9 Å². The maximum Gasteiger partial charge on any atom is 2.00 e. The molecule has 0 spiro atoms. The van der Waals surface area contributed by atoms with Gasteiger partial charge in [-0.2, -0.15) is 19.1 Å². The number of amidine groups is 1. The zero-order valence-corrected chi connectivity index (χ0v) is 28.8. The first-order chi connectivity index (χ1) is 20.5. The van der Waals surface area contributed by atoms with Crippen LogP contribution in [-0.2, 0) is 83.1 Å². The van der Waals surface area contributed by atoms with Gasteiger partial charge in [0.05, 0.1) is 25.4 Å². The number of fused-ring (bicyclic) bond motifs is 2. The van der Waals surface area contributed by atoms with E-state index in [4.69, 9.17) is 50.7 Å². The van der Waals surface area contributed by atoms with E-state index in [9.17, 15) is 38.7 Å². The Morgan fingerprint density at radius 2 is 1.66 bits per heavy atom.